The summed E-state index contributed by atoms with van der Waals surface area (Å²) in [4.78, 5) is 2.61. The summed E-state index contributed by atoms with van der Waals surface area (Å²) in [6.45, 7) is 14.9. The van der Waals surface area contributed by atoms with Crippen LogP contribution in [0.1, 0.15) is 78.0 Å². The van der Waals surface area contributed by atoms with Gasteiger partial charge < -0.3 is 13.9 Å². The van der Waals surface area contributed by atoms with Gasteiger partial charge >= 0.3 is 0 Å². The second-order valence-electron chi connectivity index (χ2n) is 16.2. The Morgan fingerprint density at radius 1 is 0.754 bits per heavy atom. The lowest BCUT2D eigenvalue weighted by Crippen LogP contribution is -2.24. The molecule has 0 radical (unpaired) electrons. The SMILES string of the molecule is C=Cc1c(/C=C\C)c2ccc(N(C3=CC(C4=CCCC=C4)=CC(C(/C=C\C)CCC)C3)c3cccc4c5cccc6c7ccccc7n(c34)c65)cc2n1-c1ccccc1.CC. The van der Waals surface area contributed by atoms with Crippen molar-refractivity contribution in [2.24, 2.45) is 11.8 Å². The highest BCUT2D eigenvalue weighted by Crippen LogP contribution is 2.48. The van der Waals surface area contributed by atoms with Gasteiger partial charge in [-0.05, 0) is 111 Å². The van der Waals surface area contributed by atoms with Crippen molar-refractivity contribution in [3.63, 3.8) is 0 Å². The van der Waals surface area contributed by atoms with E-state index in [1.165, 1.54) is 71.6 Å². The molecule has 3 heteroatoms. The predicted molar refractivity (Wildman–Crippen MR) is 267 cm³/mol. The first-order valence-corrected chi connectivity index (χ1v) is 22.5. The molecule has 2 unspecified atom stereocenters. The molecule has 2 atom stereocenters. The molecule has 61 heavy (non-hydrogen) atoms. The minimum Gasteiger partial charge on any atom is -0.312 e. The van der Waals surface area contributed by atoms with Gasteiger partial charge in [0.15, 0.2) is 0 Å². The number of aromatic nitrogens is 2. The summed E-state index contributed by atoms with van der Waals surface area (Å²) in [5.74, 6) is 0.785. The van der Waals surface area contributed by atoms with Gasteiger partial charge in [0, 0.05) is 49.6 Å². The largest absolute Gasteiger partial charge is 0.312 e. The zero-order chi connectivity index (χ0) is 42.0. The molecule has 3 aromatic heterocycles. The summed E-state index contributed by atoms with van der Waals surface area (Å²) in [5.41, 5.74) is 14.6. The van der Waals surface area contributed by atoms with E-state index >= 15 is 0 Å². The lowest BCUT2D eigenvalue weighted by Gasteiger charge is -2.35. The maximum Gasteiger partial charge on any atom is 0.0782 e. The molecule has 0 aliphatic heterocycles. The molecule has 3 nitrogen and oxygen atoms in total. The van der Waals surface area contributed by atoms with Crippen molar-refractivity contribution in [3.8, 4) is 5.69 Å². The third-order valence-electron chi connectivity index (χ3n) is 12.7. The quantitative estimate of drug-likeness (QED) is 0.119. The Balaban J connectivity index is 0.00000235. The van der Waals surface area contributed by atoms with Gasteiger partial charge in [0.1, 0.15) is 0 Å². The normalized spacial score (nSPS) is 16.1. The number of fused-ring (bicyclic) bond motifs is 7. The molecule has 0 amide bonds. The van der Waals surface area contributed by atoms with E-state index in [9.17, 15) is 0 Å². The van der Waals surface area contributed by atoms with Crippen LogP contribution in [0.2, 0.25) is 0 Å². The summed E-state index contributed by atoms with van der Waals surface area (Å²) < 4.78 is 4.94. The molecule has 0 N–H and O–H groups in total. The van der Waals surface area contributed by atoms with Crippen LogP contribution >= 0.6 is 0 Å². The number of anilines is 2. The maximum absolute atomic E-state index is 4.34. The molecule has 0 spiro atoms. The first kappa shape index (κ1) is 39.9. The van der Waals surface area contributed by atoms with E-state index in [4.69, 9.17) is 0 Å². The smallest absolute Gasteiger partial charge is 0.0782 e. The molecule has 0 saturated carbocycles. The number of allylic oxidation sites excluding steroid dienone is 11. The van der Waals surface area contributed by atoms with E-state index in [2.05, 4.69) is 205 Å². The molecule has 8 aromatic rings. The summed E-state index contributed by atoms with van der Waals surface area (Å²) in [7, 11) is 0. The molecule has 0 bridgehead atoms. The third-order valence-corrected chi connectivity index (χ3v) is 12.7. The second-order valence-corrected chi connectivity index (χ2v) is 16.2. The highest BCUT2D eigenvalue weighted by atomic mass is 15.2. The highest BCUT2D eigenvalue weighted by molar-refractivity contribution is 6.25. The Labute approximate surface area is 361 Å². The molecule has 2 aliphatic carbocycles. The van der Waals surface area contributed by atoms with Crippen molar-refractivity contribution in [2.75, 3.05) is 4.90 Å². The molecule has 5 aromatic carbocycles. The fraction of sp³-hybridized carbons (Fsp3) is 0.207. The van der Waals surface area contributed by atoms with Gasteiger partial charge in [0.25, 0.3) is 0 Å². The van der Waals surface area contributed by atoms with Crippen LogP contribution < -0.4 is 4.90 Å². The predicted octanol–water partition coefficient (Wildman–Crippen LogP) is 16.7. The fourth-order valence-corrected chi connectivity index (χ4v) is 10.2. The summed E-state index contributed by atoms with van der Waals surface area (Å²) in [6.07, 6.45) is 28.7. The van der Waals surface area contributed by atoms with E-state index in [1.807, 2.05) is 19.9 Å². The summed E-state index contributed by atoms with van der Waals surface area (Å²) >= 11 is 0. The van der Waals surface area contributed by atoms with Gasteiger partial charge in [-0.15, -0.1) is 0 Å². The van der Waals surface area contributed by atoms with Crippen molar-refractivity contribution in [2.45, 2.75) is 66.7 Å². The first-order valence-electron chi connectivity index (χ1n) is 22.5. The average molecular weight is 796 g/mol. The lowest BCUT2D eigenvalue weighted by atomic mass is 9.79. The second kappa shape index (κ2) is 17.2. The fourth-order valence-electron chi connectivity index (χ4n) is 10.2. The molecular weight excluding hydrogens is 739 g/mol. The highest BCUT2D eigenvalue weighted by Gasteiger charge is 2.30. The van der Waals surface area contributed by atoms with Crippen LogP contribution in [0.25, 0.3) is 66.8 Å². The van der Waals surface area contributed by atoms with Gasteiger partial charge in [0.2, 0.25) is 0 Å². The minimum absolute atomic E-state index is 0.346. The van der Waals surface area contributed by atoms with Crippen LogP contribution in [-0.4, -0.2) is 8.97 Å². The van der Waals surface area contributed by atoms with Crippen LogP contribution in [0.15, 0.2) is 181 Å². The van der Waals surface area contributed by atoms with Crippen molar-refractivity contribution in [1.29, 1.82) is 0 Å². The molecule has 304 valence electrons. The van der Waals surface area contributed by atoms with Gasteiger partial charge in [-0.3, -0.25) is 0 Å². The van der Waals surface area contributed by atoms with Gasteiger partial charge in [-0.25, -0.2) is 0 Å². The number of rotatable bonds is 11. The first-order chi connectivity index (χ1) is 30.1. The van der Waals surface area contributed by atoms with Crippen molar-refractivity contribution in [3.05, 3.63) is 192 Å². The molecule has 0 saturated heterocycles. The van der Waals surface area contributed by atoms with Crippen LogP contribution in [-0.2, 0) is 0 Å². The van der Waals surface area contributed by atoms with Crippen LogP contribution in [0.5, 0.6) is 0 Å². The van der Waals surface area contributed by atoms with Crippen LogP contribution in [0.4, 0.5) is 11.4 Å². The number of hydrogen-bond donors (Lipinski definition) is 0. The monoisotopic (exact) mass is 795 g/mol. The summed E-state index contributed by atoms with van der Waals surface area (Å²) in [5, 5.41) is 6.36. The Hall–Kier alpha value is -6.58. The Kier molecular flexibility index (Phi) is 11.2. The summed E-state index contributed by atoms with van der Waals surface area (Å²) in [6, 6.07) is 40.5. The van der Waals surface area contributed by atoms with Crippen molar-refractivity contribution in [1.82, 2.24) is 8.97 Å². The minimum atomic E-state index is 0.346. The number of benzene rings is 5. The Morgan fingerprint density at radius 2 is 1.49 bits per heavy atom. The molecule has 0 fully saturated rings. The van der Waals surface area contributed by atoms with Gasteiger partial charge in [0.05, 0.1) is 33.4 Å². The number of para-hydroxylation sites is 4. The lowest BCUT2D eigenvalue weighted by molar-refractivity contribution is 0.430. The van der Waals surface area contributed by atoms with Crippen LogP contribution in [0.3, 0.4) is 0 Å². The van der Waals surface area contributed by atoms with Crippen molar-refractivity contribution >= 4 is 72.5 Å². The van der Waals surface area contributed by atoms with Gasteiger partial charge in [-0.2, -0.15) is 0 Å². The van der Waals surface area contributed by atoms with E-state index in [0.717, 1.165) is 54.7 Å². The van der Waals surface area contributed by atoms with Crippen molar-refractivity contribution < 1.29 is 0 Å². The Morgan fingerprint density at radius 3 is 2.23 bits per heavy atom. The van der Waals surface area contributed by atoms with E-state index < -0.39 is 0 Å². The molecule has 2 aliphatic rings. The Bertz CT molecular complexity index is 3080. The molecular formula is C58H57N3. The zero-order valence-electron chi connectivity index (χ0n) is 36.4. The van der Waals surface area contributed by atoms with Crippen LogP contribution in [0, 0.1) is 11.8 Å². The standard InChI is InChI=1S/C56H51N3.C2H6/c1-5-19-38(20-6-2)40-34-41(39-22-11-9-12-23-39)36-44(35-40)57(43-32-33-47-45(21-7-3)51(8-4)58(54(47)37-43)42-24-13-10-14-25-42)53-31-18-29-50-49-28-17-27-48-46-26-15-16-30-52(46)59(55(48)49)56(50)53;1-2/h5,7-8,10-11,13-19,21-34,36-38,40H,4,6,9,12,20,35H2,1-3H3;1-2H3/b19-5-,21-7-;. The molecule has 3 heterocycles. The van der Waals surface area contributed by atoms with E-state index in [-0.39, 0.29) is 0 Å². The zero-order valence-corrected chi connectivity index (χ0v) is 36.4. The topological polar surface area (TPSA) is 12.6 Å². The maximum atomic E-state index is 4.34. The average Bonchev–Trinajstić information content (AvgIpc) is 3.95. The third kappa shape index (κ3) is 6.77. The molecule has 10 rings (SSSR count). The van der Waals surface area contributed by atoms with E-state index in [0.29, 0.717) is 11.8 Å². The number of nitrogens with zero attached hydrogens (tertiary/aromatic N) is 3. The van der Waals surface area contributed by atoms with Gasteiger partial charge in [-0.1, -0.05) is 155 Å². The number of hydrogen-bond acceptors (Lipinski definition) is 1. The van der Waals surface area contributed by atoms with E-state index in [1.54, 1.807) is 0 Å².